The molecule has 0 saturated carbocycles. The molecule has 0 amide bonds. The fourth-order valence-corrected chi connectivity index (χ4v) is 3.37. The number of pyridine rings is 1. The second-order valence-corrected chi connectivity index (χ2v) is 6.62. The van der Waals surface area contributed by atoms with Crippen LogP contribution in [0.5, 0.6) is 0 Å². The van der Waals surface area contributed by atoms with Gasteiger partial charge < -0.3 is 8.83 Å². The van der Waals surface area contributed by atoms with Crippen molar-refractivity contribution in [2.45, 2.75) is 17.6 Å². The summed E-state index contributed by atoms with van der Waals surface area (Å²) in [4.78, 5) is 5.43. The van der Waals surface area contributed by atoms with E-state index in [9.17, 15) is 0 Å². The fourth-order valence-electron chi connectivity index (χ4n) is 2.32. The molecule has 0 N–H and O–H groups in total. The molecule has 0 aliphatic rings. The van der Waals surface area contributed by atoms with E-state index in [-0.39, 0.29) is 0 Å². The summed E-state index contributed by atoms with van der Waals surface area (Å²) in [5.41, 5.74) is 0.866. The smallest absolute Gasteiger partial charge is 0.283 e. The molecule has 4 aromatic rings. The molecule has 0 atom stereocenters. The maximum atomic E-state index is 6.02. The van der Waals surface area contributed by atoms with E-state index < -0.39 is 0 Å². The number of aryl methyl sites for hydroxylation is 1. The first-order chi connectivity index (χ1) is 11.7. The molecule has 0 unspecified atom stereocenters. The van der Waals surface area contributed by atoms with Crippen LogP contribution in [-0.2, 0) is 5.75 Å². The van der Waals surface area contributed by atoms with E-state index in [1.807, 2.05) is 43.3 Å². The monoisotopic (exact) mass is 357 g/mol. The molecule has 0 spiro atoms. The highest BCUT2D eigenvalue weighted by atomic mass is 35.5. The molecule has 4 rings (SSSR count). The number of thioether (sulfide) groups is 1. The van der Waals surface area contributed by atoms with Crippen LogP contribution in [0.1, 0.15) is 11.7 Å². The average Bonchev–Trinajstić information content (AvgIpc) is 3.21. The highest BCUT2D eigenvalue weighted by molar-refractivity contribution is 7.98. The van der Waals surface area contributed by atoms with Gasteiger partial charge in [-0.2, -0.15) is 0 Å². The first kappa shape index (κ1) is 15.2. The van der Waals surface area contributed by atoms with Crippen molar-refractivity contribution in [1.29, 1.82) is 0 Å². The number of furan rings is 1. The van der Waals surface area contributed by atoms with Crippen molar-refractivity contribution in [2.75, 3.05) is 0 Å². The third-order valence-corrected chi connectivity index (χ3v) is 4.73. The maximum absolute atomic E-state index is 6.02. The third kappa shape index (κ3) is 3.02. The molecule has 3 aromatic heterocycles. The summed E-state index contributed by atoms with van der Waals surface area (Å²) in [5.74, 6) is 2.89. The molecule has 0 bridgehead atoms. The molecular weight excluding hydrogens is 346 g/mol. The van der Waals surface area contributed by atoms with Crippen LogP contribution >= 0.6 is 23.4 Å². The highest BCUT2D eigenvalue weighted by Crippen LogP contribution is 2.31. The van der Waals surface area contributed by atoms with Gasteiger partial charge in [-0.05, 0) is 37.3 Å². The molecule has 120 valence electrons. The van der Waals surface area contributed by atoms with Gasteiger partial charge in [-0.25, -0.2) is 0 Å². The van der Waals surface area contributed by atoms with E-state index >= 15 is 0 Å². The summed E-state index contributed by atoms with van der Waals surface area (Å²) in [6, 6.07) is 11.3. The Bertz CT molecular complexity index is 1010. The van der Waals surface area contributed by atoms with E-state index in [1.54, 1.807) is 18.0 Å². The van der Waals surface area contributed by atoms with Crippen LogP contribution < -0.4 is 0 Å². The normalized spacial score (nSPS) is 11.2. The van der Waals surface area contributed by atoms with E-state index in [1.165, 1.54) is 0 Å². The Labute approximate surface area is 147 Å². The first-order valence-electron chi connectivity index (χ1n) is 7.25. The van der Waals surface area contributed by atoms with Gasteiger partial charge in [0, 0.05) is 21.5 Å². The zero-order valence-corrected chi connectivity index (χ0v) is 14.3. The van der Waals surface area contributed by atoms with Gasteiger partial charge in [0.1, 0.15) is 5.76 Å². The molecule has 7 heteroatoms. The lowest BCUT2D eigenvalue weighted by Gasteiger charge is -2.04. The van der Waals surface area contributed by atoms with Crippen molar-refractivity contribution in [3.63, 3.8) is 0 Å². The number of hydrogen-bond acceptors (Lipinski definition) is 6. The molecule has 5 nitrogen and oxygen atoms in total. The number of benzene rings is 1. The summed E-state index contributed by atoms with van der Waals surface area (Å²) < 4.78 is 11.2. The van der Waals surface area contributed by atoms with Crippen LogP contribution in [0.25, 0.3) is 22.6 Å². The van der Waals surface area contributed by atoms with Crippen molar-refractivity contribution >= 4 is 34.3 Å². The lowest BCUT2D eigenvalue weighted by Crippen LogP contribution is -1.84. The Morgan fingerprint density at radius 2 is 2.00 bits per heavy atom. The number of halogens is 1. The van der Waals surface area contributed by atoms with Crippen LogP contribution in [0, 0.1) is 6.92 Å². The predicted octanol–water partition coefficient (Wildman–Crippen LogP) is 5.13. The molecule has 0 aliphatic heterocycles. The van der Waals surface area contributed by atoms with Crippen LogP contribution in [0.4, 0.5) is 0 Å². The number of nitrogens with zero attached hydrogens (tertiary/aromatic N) is 3. The van der Waals surface area contributed by atoms with Gasteiger partial charge in [-0.1, -0.05) is 17.7 Å². The maximum Gasteiger partial charge on any atom is 0.283 e. The Morgan fingerprint density at radius 1 is 1.08 bits per heavy atom. The van der Waals surface area contributed by atoms with E-state index in [0.29, 0.717) is 28.3 Å². The predicted molar refractivity (Wildman–Crippen MR) is 93.1 cm³/mol. The summed E-state index contributed by atoms with van der Waals surface area (Å²) >= 11 is 7.63. The minimum atomic E-state index is 0.394. The molecule has 0 radical (unpaired) electrons. The van der Waals surface area contributed by atoms with Crippen molar-refractivity contribution in [1.82, 2.24) is 15.2 Å². The van der Waals surface area contributed by atoms with Gasteiger partial charge in [-0.3, -0.25) is 4.98 Å². The second kappa shape index (κ2) is 6.30. The fraction of sp³-hybridized carbons (Fsp3) is 0.118. The average molecular weight is 358 g/mol. The zero-order valence-electron chi connectivity index (χ0n) is 12.7. The van der Waals surface area contributed by atoms with Gasteiger partial charge in [0.2, 0.25) is 5.89 Å². The van der Waals surface area contributed by atoms with E-state index in [4.69, 9.17) is 20.4 Å². The summed E-state index contributed by atoms with van der Waals surface area (Å²) in [6.07, 6.45) is 1.77. The van der Waals surface area contributed by atoms with Crippen LogP contribution in [-0.4, -0.2) is 15.2 Å². The molecule has 0 fully saturated rings. The Kier molecular flexibility index (Phi) is 4.00. The van der Waals surface area contributed by atoms with Crippen LogP contribution in [0.2, 0.25) is 5.02 Å². The summed E-state index contributed by atoms with van der Waals surface area (Å²) in [7, 11) is 0. The largest absolute Gasteiger partial charge is 0.456 e. The standard InChI is InChI=1S/C17H12ClN3O2S/c1-10-2-5-14(22-10)17-21-20-16(23-17)9-24-15-6-7-19-13-8-11(18)3-4-12(13)15/h2-8H,9H2,1H3. The highest BCUT2D eigenvalue weighted by Gasteiger charge is 2.13. The lowest BCUT2D eigenvalue weighted by atomic mass is 10.2. The van der Waals surface area contributed by atoms with Crippen molar-refractivity contribution in [3.05, 3.63) is 59.3 Å². The minimum Gasteiger partial charge on any atom is -0.456 e. The topological polar surface area (TPSA) is 65.0 Å². The lowest BCUT2D eigenvalue weighted by molar-refractivity contribution is 0.484. The SMILES string of the molecule is Cc1ccc(-c2nnc(CSc3ccnc4cc(Cl)ccc34)o2)o1. The number of rotatable bonds is 4. The van der Waals surface area contributed by atoms with Crippen molar-refractivity contribution in [3.8, 4) is 11.7 Å². The Balaban J connectivity index is 1.54. The van der Waals surface area contributed by atoms with Gasteiger partial charge in [0.25, 0.3) is 5.89 Å². The number of hydrogen-bond donors (Lipinski definition) is 0. The van der Waals surface area contributed by atoms with Gasteiger partial charge in [-0.15, -0.1) is 22.0 Å². The van der Waals surface area contributed by atoms with Crippen LogP contribution in [0.15, 0.2) is 56.3 Å². The molecule has 24 heavy (non-hydrogen) atoms. The molecular formula is C17H12ClN3O2S. The zero-order chi connectivity index (χ0) is 16.5. The van der Waals surface area contributed by atoms with Gasteiger partial charge in [0.05, 0.1) is 11.3 Å². The van der Waals surface area contributed by atoms with Gasteiger partial charge >= 0.3 is 0 Å². The van der Waals surface area contributed by atoms with Crippen molar-refractivity contribution < 1.29 is 8.83 Å². The minimum absolute atomic E-state index is 0.394. The summed E-state index contributed by atoms with van der Waals surface area (Å²) in [5, 5.41) is 9.83. The van der Waals surface area contributed by atoms with E-state index in [0.717, 1.165) is 21.6 Å². The summed E-state index contributed by atoms with van der Waals surface area (Å²) in [6.45, 7) is 1.87. The third-order valence-electron chi connectivity index (χ3n) is 3.43. The molecule has 0 saturated heterocycles. The van der Waals surface area contributed by atoms with E-state index in [2.05, 4.69) is 15.2 Å². The van der Waals surface area contributed by atoms with Gasteiger partial charge in [0.15, 0.2) is 5.76 Å². The molecule has 0 aliphatic carbocycles. The molecule has 3 heterocycles. The van der Waals surface area contributed by atoms with Crippen LogP contribution in [0.3, 0.4) is 0 Å². The Morgan fingerprint density at radius 3 is 2.83 bits per heavy atom. The molecule has 1 aromatic carbocycles. The van der Waals surface area contributed by atoms with Crippen molar-refractivity contribution in [2.24, 2.45) is 0 Å². The quantitative estimate of drug-likeness (QED) is 0.471. The second-order valence-electron chi connectivity index (χ2n) is 5.17. The number of fused-ring (bicyclic) bond motifs is 1. The number of aromatic nitrogens is 3. The first-order valence-corrected chi connectivity index (χ1v) is 8.62. The Hall–Kier alpha value is -2.31.